The molecule has 0 spiro atoms. The molecule has 16 heavy (non-hydrogen) atoms. The fourth-order valence-electron chi connectivity index (χ4n) is 1.68. The van der Waals surface area contributed by atoms with E-state index in [1.54, 1.807) is 0 Å². The molecule has 1 aliphatic rings. The Bertz CT molecular complexity index is 452. The van der Waals surface area contributed by atoms with Gasteiger partial charge < -0.3 is 14.9 Å². The van der Waals surface area contributed by atoms with Crippen LogP contribution >= 0.6 is 0 Å². The van der Waals surface area contributed by atoms with Crippen LogP contribution in [0.25, 0.3) is 0 Å². The largest absolute Gasteiger partial charge is 0.508 e. The fraction of sp³-hybridized carbons (Fsp3) is 0.273. The van der Waals surface area contributed by atoms with Crippen LogP contribution < -0.4 is 4.74 Å². The van der Waals surface area contributed by atoms with Crippen molar-refractivity contribution in [1.82, 2.24) is 0 Å². The second-order valence-corrected chi connectivity index (χ2v) is 3.65. The number of aromatic hydroxyl groups is 1. The average molecular weight is 222 g/mol. The number of hydrogen-bond acceptors (Lipinski definition) is 4. The van der Waals surface area contributed by atoms with Gasteiger partial charge in [0.2, 0.25) is 0 Å². The predicted molar refractivity (Wildman–Crippen MR) is 53.7 cm³/mol. The predicted octanol–water partition coefficient (Wildman–Crippen LogP) is 1.06. The molecule has 0 aromatic heterocycles. The number of carbonyl (C=O) groups excluding carboxylic acids is 1. The molecule has 1 heterocycles. The monoisotopic (exact) mass is 222 g/mol. The first-order valence-corrected chi connectivity index (χ1v) is 4.80. The van der Waals surface area contributed by atoms with Gasteiger partial charge in [0.15, 0.2) is 5.78 Å². The molecule has 5 heteroatoms. The fourth-order valence-corrected chi connectivity index (χ4v) is 1.68. The lowest BCUT2D eigenvalue weighted by atomic mass is 9.92. The zero-order chi connectivity index (χ0) is 11.7. The average Bonchev–Trinajstić information content (AvgIpc) is 2.22. The van der Waals surface area contributed by atoms with Crippen LogP contribution in [-0.2, 0) is 4.79 Å². The highest BCUT2D eigenvalue weighted by atomic mass is 16.5. The standard InChI is InChI=1S/C11H10O5/c12-7-1-2-9-8(4-7)11(15)6(5-16-9)3-10(13)14/h1-2,4,6,12H,3,5H2,(H,13,14). The maximum absolute atomic E-state index is 11.9. The molecule has 0 saturated carbocycles. The Morgan fingerprint density at radius 3 is 2.94 bits per heavy atom. The van der Waals surface area contributed by atoms with E-state index in [-0.39, 0.29) is 30.1 Å². The van der Waals surface area contributed by atoms with Gasteiger partial charge in [-0.2, -0.15) is 0 Å². The molecule has 0 saturated heterocycles. The molecule has 1 aliphatic heterocycles. The maximum atomic E-state index is 11.9. The molecule has 1 aromatic rings. The number of fused-ring (bicyclic) bond motifs is 1. The normalized spacial score (nSPS) is 18.8. The number of ether oxygens (including phenoxy) is 1. The number of ketones is 1. The van der Waals surface area contributed by atoms with Gasteiger partial charge in [-0.3, -0.25) is 9.59 Å². The molecule has 2 rings (SSSR count). The molecule has 0 fully saturated rings. The first-order valence-electron chi connectivity index (χ1n) is 4.80. The lowest BCUT2D eigenvalue weighted by Crippen LogP contribution is -2.29. The second-order valence-electron chi connectivity index (χ2n) is 3.65. The van der Waals surface area contributed by atoms with Crippen molar-refractivity contribution in [2.24, 2.45) is 5.92 Å². The second kappa shape index (κ2) is 3.84. The number of Topliss-reactive ketones (excluding diaryl/α,β-unsaturated/α-hetero) is 1. The Morgan fingerprint density at radius 1 is 1.50 bits per heavy atom. The van der Waals surface area contributed by atoms with Gasteiger partial charge in [-0.15, -0.1) is 0 Å². The summed E-state index contributed by atoms with van der Waals surface area (Å²) in [7, 11) is 0. The summed E-state index contributed by atoms with van der Waals surface area (Å²) in [6, 6.07) is 4.22. The summed E-state index contributed by atoms with van der Waals surface area (Å²) in [6.45, 7) is 0.0723. The molecule has 1 atom stereocenters. The van der Waals surface area contributed by atoms with Gasteiger partial charge in [0.1, 0.15) is 11.5 Å². The van der Waals surface area contributed by atoms with Crippen LogP contribution in [0.1, 0.15) is 16.8 Å². The summed E-state index contributed by atoms with van der Waals surface area (Å²) in [5, 5.41) is 17.9. The molecule has 2 N–H and O–H groups in total. The first-order chi connectivity index (χ1) is 7.58. The number of carboxylic acid groups (broad SMARTS) is 1. The molecular weight excluding hydrogens is 212 g/mol. The van der Waals surface area contributed by atoms with Gasteiger partial charge in [0.25, 0.3) is 0 Å². The molecule has 1 unspecified atom stereocenters. The Labute approximate surface area is 91.3 Å². The topological polar surface area (TPSA) is 83.8 Å². The molecule has 1 aromatic carbocycles. The van der Waals surface area contributed by atoms with E-state index in [0.29, 0.717) is 5.75 Å². The van der Waals surface area contributed by atoms with Crippen LogP contribution in [0.2, 0.25) is 0 Å². The molecular formula is C11H10O5. The van der Waals surface area contributed by atoms with Gasteiger partial charge >= 0.3 is 5.97 Å². The van der Waals surface area contributed by atoms with Gasteiger partial charge in [-0.1, -0.05) is 0 Å². The zero-order valence-corrected chi connectivity index (χ0v) is 8.34. The first kappa shape index (κ1) is 10.5. The summed E-state index contributed by atoms with van der Waals surface area (Å²) >= 11 is 0. The van der Waals surface area contributed by atoms with Crippen molar-refractivity contribution in [1.29, 1.82) is 0 Å². The van der Waals surface area contributed by atoms with Crippen LogP contribution in [-0.4, -0.2) is 28.6 Å². The van der Waals surface area contributed by atoms with E-state index in [1.165, 1.54) is 18.2 Å². The highest BCUT2D eigenvalue weighted by molar-refractivity contribution is 6.02. The molecule has 84 valence electrons. The Hall–Kier alpha value is -2.04. The van der Waals surface area contributed by atoms with Gasteiger partial charge in [-0.05, 0) is 18.2 Å². The highest BCUT2D eigenvalue weighted by Gasteiger charge is 2.30. The van der Waals surface area contributed by atoms with E-state index in [2.05, 4.69) is 0 Å². The SMILES string of the molecule is O=C(O)CC1COc2ccc(O)cc2C1=O. The van der Waals surface area contributed by atoms with Crippen LogP contribution in [0.15, 0.2) is 18.2 Å². The number of carbonyl (C=O) groups is 2. The van der Waals surface area contributed by atoms with E-state index in [1.807, 2.05) is 0 Å². The number of phenolic OH excluding ortho intramolecular Hbond substituents is 1. The van der Waals surface area contributed by atoms with E-state index >= 15 is 0 Å². The minimum absolute atomic E-state index is 0.0355. The summed E-state index contributed by atoms with van der Waals surface area (Å²) < 4.78 is 5.27. The lowest BCUT2D eigenvalue weighted by Gasteiger charge is -2.22. The molecule has 0 amide bonds. The van der Waals surface area contributed by atoms with Gasteiger partial charge in [-0.25, -0.2) is 0 Å². The maximum Gasteiger partial charge on any atom is 0.304 e. The van der Waals surface area contributed by atoms with E-state index < -0.39 is 11.9 Å². The van der Waals surface area contributed by atoms with E-state index in [4.69, 9.17) is 9.84 Å². The van der Waals surface area contributed by atoms with Gasteiger partial charge in [0, 0.05) is 0 Å². The van der Waals surface area contributed by atoms with Crippen LogP contribution in [0.4, 0.5) is 0 Å². The summed E-state index contributed by atoms with van der Waals surface area (Å²) in [4.78, 5) is 22.4. The van der Waals surface area contributed by atoms with Crippen molar-refractivity contribution in [3.63, 3.8) is 0 Å². The Balaban J connectivity index is 2.30. The van der Waals surface area contributed by atoms with Crippen molar-refractivity contribution in [2.45, 2.75) is 6.42 Å². The smallest absolute Gasteiger partial charge is 0.304 e. The van der Waals surface area contributed by atoms with Crippen LogP contribution in [0.3, 0.4) is 0 Å². The number of carboxylic acids is 1. The van der Waals surface area contributed by atoms with Crippen molar-refractivity contribution >= 4 is 11.8 Å². The number of phenols is 1. The number of rotatable bonds is 2. The lowest BCUT2D eigenvalue weighted by molar-refractivity contribution is -0.138. The highest BCUT2D eigenvalue weighted by Crippen LogP contribution is 2.31. The van der Waals surface area contributed by atoms with E-state index in [0.717, 1.165) is 0 Å². The van der Waals surface area contributed by atoms with Crippen LogP contribution in [0.5, 0.6) is 11.5 Å². The third kappa shape index (κ3) is 1.84. The number of hydrogen-bond donors (Lipinski definition) is 2. The van der Waals surface area contributed by atoms with E-state index in [9.17, 15) is 14.7 Å². The van der Waals surface area contributed by atoms with Crippen molar-refractivity contribution < 1.29 is 24.5 Å². The minimum Gasteiger partial charge on any atom is -0.508 e. The molecule has 5 nitrogen and oxygen atoms in total. The van der Waals surface area contributed by atoms with Crippen molar-refractivity contribution in [2.75, 3.05) is 6.61 Å². The molecule has 0 aliphatic carbocycles. The third-order valence-electron chi connectivity index (χ3n) is 2.46. The van der Waals surface area contributed by atoms with Crippen molar-refractivity contribution in [3.8, 4) is 11.5 Å². The quantitative estimate of drug-likeness (QED) is 0.781. The zero-order valence-electron chi connectivity index (χ0n) is 8.34. The third-order valence-corrected chi connectivity index (χ3v) is 2.46. The Morgan fingerprint density at radius 2 is 2.25 bits per heavy atom. The van der Waals surface area contributed by atoms with Gasteiger partial charge in [0.05, 0.1) is 24.5 Å². The number of aliphatic carboxylic acids is 1. The molecule has 0 radical (unpaired) electrons. The van der Waals surface area contributed by atoms with Crippen LogP contribution in [0, 0.1) is 5.92 Å². The summed E-state index contributed by atoms with van der Waals surface area (Å²) in [5.74, 6) is -1.65. The summed E-state index contributed by atoms with van der Waals surface area (Å²) in [5.41, 5.74) is 0.248. The summed E-state index contributed by atoms with van der Waals surface area (Å²) in [6.07, 6.45) is -0.256. The minimum atomic E-state index is -1.04. The number of benzene rings is 1. The van der Waals surface area contributed by atoms with Crippen molar-refractivity contribution in [3.05, 3.63) is 23.8 Å². The molecule has 0 bridgehead atoms. The Kier molecular flexibility index (Phi) is 2.52.